The normalized spacial score (nSPS) is 12.0. The third kappa shape index (κ3) is 3.83. The van der Waals surface area contributed by atoms with E-state index < -0.39 is 5.25 Å². The van der Waals surface area contributed by atoms with Crippen molar-refractivity contribution in [3.63, 3.8) is 0 Å². The molecule has 7 heteroatoms. The maximum Gasteiger partial charge on any atom is 0.318 e. The minimum atomic E-state index is -0.520. The number of nitrogens with zero attached hydrogens (tertiary/aromatic N) is 2. The van der Waals surface area contributed by atoms with Crippen LogP contribution in [-0.2, 0) is 9.53 Å². The van der Waals surface area contributed by atoms with Gasteiger partial charge in [0.05, 0.1) is 30.3 Å². The van der Waals surface area contributed by atoms with E-state index in [0.29, 0.717) is 34.1 Å². The lowest BCUT2D eigenvalue weighted by molar-refractivity contribution is -0.139. The number of thioether (sulfide) groups is 1. The standard InChI is InChI=1S/C20H20N2O4S/c1-4-26-17-12-8-7-11-16(17)22-18(23)14-9-5-6-10-15(14)21-20(22)27-13(2)19(24)25-3/h5-13H,4H2,1-3H3/t13-/m0/s1. The largest absolute Gasteiger partial charge is 0.492 e. The Labute approximate surface area is 161 Å². The molecule has 140 valence electrons. The minimum absolute atomic E-state index is 0.215. The number of fused-ring (bicyclic) bond motifs is 1. The van der Waals surface area contributed by atoms with Gasteiger partial charge in [-0.15, -0.1) is 0 Å². The number of carbonyl (C=O) groups is 1. The first-order chi connectivity index (χ1) is 13.1. The van der Waals surface area contributed by atoms with Gasteiger partial charge in [-0.1, -0.05) is 36.0 Å². The van der Waals surface area contributed by atoms with E-state index in [2.05, 4.69) is 4.98 Å². The molecule has 0 bridgehead atoms. The molecule has 0 spiro atoms. The molecule has 0 fully saturated rings. The Morgan fingerprint density at radius 1 is 1.19 bits per heavy atom. The van der Waals surface area contributed by atoms with Crippen LogP contribution in [0.3, 0.4) is 0 Å². The Morgan fingerprint density at radius 3 is 2.63 bits per heavy atom. The number of methoxy groups -OCH3 is 1. The summed E-state index contributed by atoms with van der Waals surface area (Å²) in [6.45, 7) is 4.07. The fraction of sp³-hybridized carbons (Fsp3) is 0.250. The molecule has 0 unspecified atom stereocenters. The molecule has 2 aromatic carbocycles. The second-order valence-corrected chi connectivity index (χ2v) is 7.04. The summed E-state index contributed by atoms with van der Waals surface area (Å²) in [7, 11) is 1.34. The number of esters is 1. The zero-order valence-electron chi connectivity index (χ0n) is 15.3. The van der Waals surface area contributed by atoms with E-state index in [1.165, 1.54) is 23.4 Å². The average molecular weight is 384 g/mol. The molecule has 1 atom stereocenters. The highest BCUT2D eigenvalue weighted by molar-refractivity contribution is 8.00. The number of rotatable bonds is 6. The second-order valence-electron chi connectivity index (χ2n) is 5.74. The molecule has 3 rings (SSSR count). The van der Waals surface area contributed by atoms with Crippen LogP contribution in [0.4, 0.5) is 0 Å². The fourth-order valence-corrected chi connectivity index (χ4v) is 3.64. The maximum atomic E-state index is 13.3. The van der Waals surface area contributed by atoms with Gasteiger partial charge in [-0.3, -0.25) is 14.2 Å². The Hall–Kier alpha value is -2.80. The van der Waals surface area contributed by atoms with Crippen LogP contribution < -0.4 is 10.3 Å². The fourth-order valence-electron chi connectivity index (χ4n) is 2.70. The van der Waals surface area contributed by atoms with Gasteiger partial charge in [0.25, 0.3) is 5.56 Å². The van der Waals surface area contributed by atoms with E-state index in [1.807, 2.05) is 25.1 Å². The smallest absolute Gasteiger partial charge is 0.318 e. The monoisotopic (exact) mass is 384 g/mol. The number of ether oxygens (including phenoxy) is 2. The molecular formula is C20H20N2O4S. The van der Waals surface area contributed by atoms with Gasteiger partial charge in [0.2, 0.25) is 0 Å². The summed E-state index contributed by atoms with van der Waals surface area (Å²) >= 11 is 1.18. The number of benzene rings is 2. The van der Waals surface area contributed by atoms with Gasteiger partial charge in [-0.2, -0.15) is 0 Å². The third-order valence-electron chi connectivity index (χ3n) is 3.97. The molecule has 1 aromatic heterocycles. The Morgan fingerprint density at radius 2 is 1.89 bits per heavy atom. The molecular weight excluding hydrogens is 364 g/mol. The van der Waals surface area contributed by atoms with Crippen molar-refractivity contribution in [1.29, 1.82) is 0 Å². The number of para-hydroxylation sites is 3. The highest BCUT2D eigenvalue weighted by atomic mass is 32.2. The van der Waals surface area contributed by atoms with Crippen molar-refractivity contribution in [2.75, 3.05) is 13.7 Å². The Balaban J connectivity index is 2.26. The van der Waals surface area contributed by atoms with Crippen LogP contribution in [0.15, 0.2) is 58.5 Å². The molecule has 0 radical (unpaired) electrons. The van der Waals surface area contributed by atoms with Crippen molar-refractivity contribution in [3.8, 4) is 11.4 Å². The molecule has 6 nitrogen and oxygen atoms in total. The molecule has 3 aromatic rings. The van der Waals surface area contributed by atoms with E-state index in [1.54, 1.807) is 37.3 Å². The summed E-state index contributed by atoms with van der Waals surface area (Å²) < 4.78 is 12.0. The molecule has 0 aliphatic rings. The second kappa shape index (κ2) is 8.26. The zero-order chi connectivity index (χ0) is 19.4. The number of aromatic nitrogens is 2. The lowest BCUT2D eigenvalue weighted by Gasteiger charge is -2.17. The third-order valence-corrected chi connectivity index (χ3v) is 5.00. The first kappa shape index (κ1) is 19.0. The summed E-state index contributed by atoms with van der Waals surface area (Å²) in [5.41, 5.74) is 0.946. The molecule has 0 N–H and O–H groups in total. The predicted molar refractivity (Wildman–Crippen MR) is 106 cm³/mol. The summed E-state index contributed by atoms with van der Waals surface area (Å²) in [6, 6.07) is 14.4. The van der Waals surface area contributed by atoms with Crippen molar-refractivity contribution in [3.05, 3.63) is 58.9 Å². The highest BCUT2D eigenvalue weighted by Gasteiger charge is 2.22. The average Bonchev–Trinajstić information content (AvgIpc) is 2.68. The van der Waals surface area contributed by atoms with E-state index in [9.17, 15) is 9.59 Å². The predicted octanol–water partition coefficient (Wildman–Crippen LogP) is 3.44. The summed E-state index contributed by atoms with van der Waals surface area (Å²) in [5, 5.41) is 0.385. The quantitative estimate of drug-likeness (QED) is 0.368. The minimum Gasteiger partial charge on any atom is -0.492 e. The van der Waals surface area contributed by atoms with Gasteiger partial charge in [0.1, 0.15) is 11.0 Å². The van der Waals surface area contributed by atoms with Gasteiger partial charge in [0, 0.05) is 0 Å². The zero-order valence-corrected chi connectivity index (χ0v) is 16.2. The molecule has 0 aliphatic heterocycles. The molecule has 27 heavy (non-hydrogen) atoms. The van der Waals surface area contributed by atoms with E-state index in [4.69, 9.17) is 9.47 Å². The Kier molecular flexibility index (Phi) is 5.81. The van der Waals surface area contributed by atoms with Crippen LogP contribution >= 0.6 is 11.8 Å². The Bertz CT molecular complexity index is 1030. The molecule has 0 aliphatic carbocycles. The van der Waals surface area contributed by atoms with Crippen LogP contribution in [0.2, 0.25) is 0 Å². The van der Waals surface area contributed by atoms with Crippen LogP contribution in [0.1, 0.15) is 13.8 Å². The topological polar surface area (TPSA) is 70.4 Å². The van der Waals surface area contributed by atoms with Crippen LogP contribution in [0.25, 0.3) is 16.6 Å². The SMILES string of the molecule is CCOc1ccccc1-n1c(S[C@@H](C)C(=O)OC)nc2ccccc2c1=O. The number of carbonyl (C=O) groups excluding carboxylic acids is 1. The summed E-state index contributed by atoms with van der Waals surface area (Å²) in [4.78, 5) is 29.8. The van der Waals surface area contributed by atoms with Gasteiger partial charge >= 0.3 is 5.97 Å². The van der Waals surface area contributed by atoms with Crippen molar-refractivity contribution < 1.29 is 14.3 Å². The van der Waals surface area contributed by atoms with E-state index in [-0.39, 0.29) is 11.5 Å². The molecule has 0 amide bonds. The van der Waals surface area contributed by atoms with Crippen LogP contribution in [-0.4, -0.2) is 34.5 Å². The summed E-state index contributed by atoms with van der Waals surface area (Å²) in [5.74, 6) is 0.193. The van der Waals surface area contributed by atoms with Gasteiger partial charge < -0.3 is 9.47 Å². The van der Waals surface area contributed by atoms with Gasteiger partial charge in [0.15, 0.2) is 5.16 Å². The lowest BCUT2D eigenvalue weighted by atomic mass is 10.2. The number of hydrogen-bond acceptors (Lipinski definition) is 6. The lowest BCUT2D eigenvalue weighted by Crippen LogP contribution is -2.24. The van der Waals surface area contributed by atoms with E-state index in [0.717, 1.165) is 0 Å². The van der Waals surface area contributed by atoms with Crippen molar-refractivity contribution in [1.82, 2.24) is 9.55 Å². The summed E-state index contributed by atoms with van der Waals surface area (Å²) in [6.07, 6.45) is 0. The highest BCUT2D eigenvalue weighted by Crippen LogP contribution is 2.29. The van der Waals surface area contributed by atoms with Gasteiger partial charge in [-0.05, 0) is 38.1 Å². The van der Waals surface area contributed by atoms with Gasteiger partial charge in [-0.25, -0.2) is 4.98 Å². The maximum absolute atomic E-state index is 13.3. The van der Waals surface area contributed by atoms with Crippen LogP contribution in [0.5, 0.6) is 5.75 Å². The first-order valence-corrected chi connectivity index (χ1v) is 9.43. The molecule has 0 saturated heterocycles. The van der Waals surface area contributed by atoms with Crippen molar-refractivity contribution in [2.45, 2.75) is 24.3 Å². The van der Waals surface area contributed by atoms with E-state index >= 15 is 0 Å². The van der Waals surface area contributed by atoms with Crippen LogP contribution in [0, 0.1) is 0 Å². The van der Waals surface area contributed by atoms with Crippen molar-refractivity contribution >= 4 is 28.6 Å². The van der Waals surface area contributed by atoms with Crippen molar-refractivity contribution in [2.24, 2.45) is 0 Å². The molecule has 0 saturated carbocycles. The molecule has 1 heterocycles. The number of hydrogen-bond donors (Lipinski definition) is 0. The first-order valence-electron chi connectivity index (χ1n) is 8.55.